The number of fused-ring (bicyclic) bond motifs is 2. The number of rotatable bonds is 4. The molecule has 1 atom stereocenters. The fourth-order valence-corrected chi connectivity index (χ4v) is 4.89. The molecule has 142 valence electrons. The molecule has 0 radical (unpaired) electrons. The average molecular weight is 391 g/mol. The molecule has 0 spiro atoms. The molecule has 0 bridgehead atoms. The number of aromatic nitrogens is 4. The van der Waals surface area contributed by atoms with Gasteiger partial charge in [-0.15, -0.1) is 0 Å². The summed E-state index contributed by atoms with van der Waals surface area (Å²) in [7, 11) is 1.90. The van der Waals surface area contributed by atoms with Crippen molar-refractivity contribution in [2.75, 3.05) is 12.4 Å². The normalized spacial score (nSPS) is 18.9. The number of hydrogen-bond donors (Lipinski definition) is 1. The highest BCUT2D eigenvalue weighted by Crippen LogP contribution is 2.29. The lowest BCUT2D eigenvalue weighted by molar-refractivity contribution is 0.626. The molecule has 6 nitrogen and oxygen atoms in total. The Labute approximate surface area is 167 Å². The van der Waals surface area contributed by atoms with Gasteiger partial charge >= 0.3 is 0 Å². The fraction of sp³-hybridized carbons (Fsp3) is 0.333. The van der Waals surface area contributed by atoms with Crippen molar-refractivity contribution in [3.05, 3.63) is 48.4 Å². The van der Waals surface area contributed by atoms with Crippen molar-refractivity contribution in [3.8, 4) is 0 Å². The van der Waals surface area contributed by atoms with Crippen molar-refractivity contribution >= 4 is 43.6 Å². The van der Waals surface area contributed by atoms with Crippen LogP contribution in [0.25, 0.3) is 21.4 Å². The Balaban J connectivity index is 1.39. The van der Waals surface area contributed by atoms with E-state index in [0.717, 1.165) is 41.2 Å². The van der Waals surface area contributed by atoms with Gasteiger partial charge in [0.15, 0.2) is 10.8 Å². The summed E-state index contributed by atoms with van der Waals surface area (Å²) in [5.74, 6) is 0. The summed E-state index contributed by atoms with van der Waals surface area (Å²) >= 11 is 1.72. The number of aliphatic imine (C=N–C) groups is 1. The molecule has 1 saturated carbocycles. The van der Waals surface area contributed by atoms with Gasteiger partial charge in [0.25, 0.3) is 0 Å². The zero-order valence-corrected chi connectivity index (χ0v) is 16.6. The van der Waals surface area contributed by atoms with Gasteiger partial charge in [-0.2, -0.15) is 0 Å². The van der Waals surface area contributed by atoms with E-state index in [9.17, 15) is 0 Å². The number of anilines is 1. The standard InChI is InChI=1S/C21H22N6S/c1-22-15-5-2-3-6-16(15)25-21-26-17-9-8-14(11-19(17)28-21)12-27-13-24-18-7-4-10-23-20(18)27/h4,7-11,13,16H,2-3,5-6,12H2,1H3,(H,25,26)/b22-15+/t16-/m1/s1. The van der Waals surface area contributed by atoms with Crippen molar-refractivity contribution in [2.45, 2.75) is 38.3 Å². The number of pyridine rings is 1. The van der Waals surface area contributed by atoms with Crippen LogP contribution in [-0.2, 0) is 6.54 Å². The van der Waals surface area contributed by atoms with Crippen LogP contribution in [0, 0.1) is 0 Å². The summed E-state index contributed by atoms with van der Waals surface area (Å²) in [5.41, 5.74) is 5.37. The lowest BCUT2D eigenvalue weighted by atomic mass is 9.93. The number of nitrogens with zero attached hydrogens (tertiary/aromatic N) is 5. The van der Waals surface area contributed by atoms with Gasteiger partial charge in [-0.1, -0.05) is 23.8 Å². The first-order chi connectivity index (χ1) is 13.8. The molecule has 28 heavy (non-hydrogen) atoms. The third-order valence-corrected chi connectivity index (χ3v) is 6.29. The summed E-state index contributed by atoms with van der Waals surface area (Å²) in [5, 5.41) is 4.59. The maximum Gasteiger partial charge on any atom is 0.184 e. The first-order valence-corrected chi connectivity index (χ1v) is 10.5. The number of thiazole rings is 1. The summed E-state index contributed by atoms with van der Waals surface area (Å²) in [6.07, 6.45) is 8.38. The minimum Gasteiger partial charge on any atom is -0.353 e. The minimum atomic E-state index is 0.321. The highest BCUT2D eigenvalue weighted by molar-refractivity contribution is 7.22. The zero-order valence-electron chi connectivity index (χ0n) is 15.8. The van der Waals surface area contributed by atoms with Crippen LogP contribution in [0.3, 0.4) is 0 Å². The van der Waals surface area contributed by atoms with E-state index >= 15 is 0 Å². The van der Waals surface area contributed by atoms with Crippen molar-refractivity contribution < 1.29 is 0 Å². The van der Waals surface area contributed by atoms with E-state index < -0.39 is 0 Å². The molecule has 1 aliphatic carbocycles. The van der Waals surface area contributed by atoms with Crippen LogP contribution in [-0.4, -0.2) is 38.3 Å². The van der Waals surface area contributed by atoms with Crippen LogP contribution >= 0.6 is 11.3 Å². The topological polar surface area (TPSA) is 68.0 Å². The summed E-state index contributed by atoms with van der Waals surface area (Å²) in [6, 6.07) is 10.7. The summed E-state index contributed by atoms with van der Waals surface area (Å²) < 4.78 is 3.28. The van der Waals surface area contributed by atoms with Gasteiger partial charge in [-0.3, -0.25) is 4.99 Å². The molecule has 5 rings (SSSR count). The van der Waals surface area contributed by atoms with E-state index in [1.165, 1.54) is 28.8 Å². The average Bonchev–Trinajstić information content (AvgIpc) is 3.32. The molecule has 4 aromatic rings. The monoisotopic (exact) mass is 390 g/mol. The molecule has 7 heteroatoms. The Kier molecular flexibility index (Phi) is 4.52. The first kappa shape index (κ1) is 17.3. The van der Waals surface area contributed by atoms with Crippen molar-refractivity contribution in [3.63, 3.8) is 0 Å². The quantitative estimate of drug-likeness (QED) is 0.556. The summed E-state index contributed by atoms with van der Waals surface area (Å²) in [4.78, 5) is 18.1. The van der Waals surface area contributed by atoms with Crippen LogP contribution in [0.5, 0.6) is 0 Å². The van der Waals surface area contributed by atoms with E-state index in [4.69, 9.17) is 4.98 Å². The van der Waals surface area contributed by atoms with Gasteiger partial charge in [0.05, 0.1) is 29.1 Å². The minimum absolute atomic E-state index is 0.321. The largest absolute Gasteiger partial charge is 0.353 e. The van der Waals surface area contributed by atoms with Crippen LogP contribution in [0.1, 0.15) is 31.2 Å². The van der Waals surface area contributed by atoms with Gasteiger partial charge in [0, 0.05) is 19.0 Å². The number of benzene rings is 1. The molecule has 1 fully saturated rings. The van der Waals surface area contributed by atoms with Gasteiger partial charge < -0.3 is 9.88 Å². The molecule has 3 aromatic heterocycles. The Hall–Kier alpha value is -2.80. The number of imidazole rings is 1. The molecular formula is C21H22N6S. The van der Waals surface area contributed by atoms with Crippen LogP contribution in [0.2, 0.25) is 0 Å². The van der Waals surface area contributed by atoms with Crippen LogP contribution in [0.15, 0.2) is 47.8 Å². The van der Waals surface area contributed by atoms with Crippen molar-refractivity contribution in [1.82, 2.24) is 19.5 Å². The lowest BCUT2D eigenvalue weighted by Crippen LogP contribution is -2.32. The molecule has 3 heterocycles. The molecular weight excluding hydrogens is 368 g/mol. The van der Waals surface area contributed by atoms with E-state index in [0.29, 0.717) is 6.04 Å². The predicted molar refractivity (Wildman–Crippen MR) is 115 cm³/mol. The smallest absolute Gasteiger partial charge is 0.184 e. The Morgan fingerprint density at radius 3 is 3.11 bits per heavy atom. The lowest BCUT2D eigenvalue weighted by Gasteiger charge is -2.24. The third kappa shape index (κ3) is 3.26. The van der Waals surface area contributed by atoms with Crippen molar-refractivity contribution in [2.24, 2.45) is 4.99 Å². The Bertz CT molecular complexity index is 1160. The van der Waals surface area contributed by atoms with E-state index in [-0.39, 0.29) is 0 Å². The highest BCUT2D eigenvalue weighted by atomic mass is 32.1. The second-order valence-electron chi connectivity index (χ2n) is 7.20. The first-order valence-electron chi connectivity index (χ1n) is 9.67. The van der Waals surface area contributed by atoms with Crippen LogP contribution < -0.4 is 5.32 Å². The molecule has 1 N–H and O–H groups in total. The molecule has 1 aliphatic rings. The highest BCUT2D eigenvalue weighted by Gasteiger charge is 2.20. The molecule has 0 amide bonds. The summed E-state index contributed by atoms with van der Waals surface area (Å²) in [6.45, 7) is 0.749. The van der Waals surface area contributed by atoms with Crippen LogP contribution in [0.4, 0.5) is 5.13 Å². The second-order valence-corrected chi connectivity index (χ2v) is 8.23. The van der Waals surface area contributed by atoms with Gasteiger partial charge in [0.2, 0.25) is 0 Å². The maximum atomic E-state index is 4.78. The van der Waals surface area contributed by atoms with Crippen molar-refractivity contribution in [1.29, 1.82) is 0 Å². The Morgan fingerprint density at radius 1 is 1.21 bits per heavy atom. The van der Waals surface area contributed by atoms with Gasteiger partial charge in [0.1, 0.15) is 5.52 Å². The van der Waals surface area contributed by atoms with E-state index in [1.807, 2.05) is 31.7 Å². The molecule has 0 aliphatic heterocycles. The molecule has 1 aromatic carbocycles. The second kappa shape index (κ2) is 7.31. The zero-order chi connectivity index (χ0) is 18.9. The Morgan fingerprint density at radius 2 is 2.18 bits per heavy atom. The molecule has 0 unspecified atom stereocenters. The SMILES string of the molecule is C/N=C1\CCCC[C@H]1Nc1nc2ccc(Cn3cnc4cccnc43)cc2s1. The van der Waals surface area contributed by atoms with E-state index in [1.54, 1.807) is 11.3 Å². The number of nitrogens with one attached hydrogen (secondary N) is 1. The van der Waals surface area contributed by atoms with Gasteiger partial charge in [-0.05, 0) is 49.1 Å². The number of hydrogen-bond acceptors (Lipinski definition) is 6. The predicted octanol–water partition coefficient (Wildman–Crippen LogP) is 4.51. The van der Waals surface area contributed by atoms with E-state index in [2.05, 4.69) is 43.0 Å². The fourth-order valence-electron chi connectivity index (χ4n) is 3.91. The van der Waals surface area contributed by atoms with Gasteiger partial charge in [-0.25, -0.2) is 15.0 Å². The maximum absolute atomic E-state index is 4.78. The third-order valence-electron chi connectivity index (χ3n) is 5.34. The molecule has 0 saturated heterocycles.